The lowest BCUT2D eigenvalue weighted by atomic mass is 10.2. The Kier molecular flexibility index (Phi) is 4.20. The normalized spacial score (nSPS) is 24.2. The molecular weight excluding hydrogens is 176 g/mol. The van der Waals surface area contributed by atoms with Gasteiger partial charge in [0.15, 0.2) is 5.96 Å². The summed E-state index contributed by atoms with van der Waals surface area (Å²) < 4.78 is 0. The number of likely N-dealkylation sites (N-methyl/N-ethyl adjacent to an activating group) is 2. The lowest BCUT2D eigenvalue weighted by molar-refractivity contribution is 0.266. The van der Waals surface area contributed by atoms with Crippen molar-refractivity contribution in [1.82, 2.24) is 9.80 Å². The van der Waals surface area contributed by atoms with Crippen LogP contribution in [0.1, 0.15) is 19.8 Å². The van der Waals surface area contributed by atoms with E-state index in [4.69, 9.17) is 5.73 Å². The summed E-state index contributed by atoms with van der Waals surface area (Å²) in [6, 6.07) is 0.644. The molecule has 82 valence electrons. The zero-order valence-electron chi connectivity index (χ0n) is 9.53. The molecule has 1 fully saturated rings. The minimum atomic E-state index is 0.644. The van der Waals surface area contributed by atoms with E-state index in [9.17, 15) is 0 Å². The van der Waals surface area contributed by atoms with Crippen molar-refractivity contribution in [3.05, 3.63) is 0 Å². The van der Waals surface area contributed by atoms with E-state index in [0.29, 0.717) is 12.0 Å². The summed E-state index contributed by atoms with van der Waals surface area (Å²) in [7, 11) is 4.19. The number of nitrogens with two attached hydrogens (primary N) is 1. The van der Waals surface area contributed by atoms with Crippen molar-refractivity contribution in [3.63, 3.8) is 0 Å². The van der Waals surface area contributed by atoms with E-state index in [1.165, 1.54) is 19.4 Å². The van der Waals surface area contributed by atoms with Crippen molar-refractivity contribution in [2.24, 2.45) is 10.7 Å². The maximum Gasteiger partial charge on any atom is 0.191 e. The van der Waals surface area contributed by atoms with E-state index in [2.05, 4.69) is 21.8 Å². The summed E-state index contributed by atoms with van der Waals surface area (Å²) >= 11 is 0. The molecule has 0 aromatic rings. The third kappa shape index (κ3) is 2.87. The van der Waals surface area contributed by atoms with Crippen LogP contribution >= 0.6 is 0 Å². The monoisotopic (exact) mass is 198 g/mol. The van der Waals surface area contributed by atoms with Crippen LogP contribution in [0.5, 0.6) is 0 Å². The maximum absolute atomic E-state index is 5.81. The second kappa shape index (κ2) is 5.20. The van der Waals surface area contributed by atoms with Crippen molar-refractivity contribution < 1.29 is 0 Å². The van der Waals surface area contributed by atoms with Gasteiger partial charge in [0, 0.05) is 26.2 Å². The van der Waals surface area contributed by atoms with Gasteiger partial charge in [-0.3, -0.25) is 4.99 Å². The Hall–Kier alpha value is -0.770. The second-order valence-electron chi connectivity index (χ2n) is 3.99. The molecule has 0 radical (unpaired) electrons. The summed E-state index contributed by atoms with van der Waals surface area (Å²) in [5.74, 6) is 0.660. The molecule has 0 bridgehead atoms. The van der Waals surface area contributed by atoms with Crippen LogP contribution in [0.3, 0.4) is 0 Å². The molecule has 0 aromatic carbocycles. The molecule has 1 aliphatic rings. The molecule has 1 atom stereocenters. The number of likely N-dealkylation sites (tertiary alicyclic amines) is 1. The van der Waals surface area contributed by atoms with Crippen LogP contribution in [0.15, 0.2) is 4.99 Å². The molecule has 1 unspecified atom stereocenters. The Labute approximate surface area is 86.8 Å². The van der Waals surface area contributed by atoms with Crippen LogP contribution in [-0.2, 0) is 0 Å². The van der Waals surface area contributed by atoms with Gasteiger partial charge in [-0.05, 0) is 33.4 Å². The average Bonchev–Trinajstić information content (AvgIpc) is 2.52. The standard InChI is InChI=1S/C10H22N4/c1-4-12-10(11)14(3)8-9-6-5-7-13(9)2/h9H,4-8H2,1-3H3,(H2,11,12). The first-order valence-corrected chi connectivity index (χ1v) is 5.36. The zero-order chi connectivity index (χ0) is 10.6. The highest BCUT2D eigenvalue weighted by Gasteiger charge is 2.22. The number of nitrogens with zero attached hydrogens (tertiary/aromatic N) is 3. The molecule has 2 N–H and O–H groups in total. The van der Waals surface area contributed by atoms with Crippen molar-refractivity contribution in [3.8, 4) is 0 Å². The van der Waals surface area contributed by atoms with Crippen molar-refractivity contribution in [2.75, 3.05) is 33.7 Å². The molecule has 1 saturated heterocycles. The number of hydrogen-bond acceptors (Lipinski definition) is 2. The topological polar surface area (TPSA) is 44.9 Å². The molecule has 1 aliphatic heterocycles. The van der Waals surface area contributed by atoms with Gasteiger partial charge in [0.2, 0.25) is 0 Å². The SMILES string of the molecule is CCN=C(N)N(C)CC1CCCN1C. The van der Waals surface area contributed by atoms with Gasteiger partial charge in [0.1, 0.15) is 0 Å². The van der Waals surface area contributed by atoms with Gasteiger partial charge in [0.25, 0.3) is 0 Å². The molecule has 1 heterocycles. The number of rotatable bonds is 3. The van der Waals surface area contributed by atoms with Gasteiger partial charge in [-0.1, -0.05) is 0 Å². The maximum atomic E-state index is 5.81. The van der Waals surface area contributed by atoms with Crippen LogP contribution in [0.25, 0.3) is 0 Å². The van der Waals surface area contributed by atoms with Crippen LogP contribution in [-0.4, -0.2) is 55.5 Å². The predicted octanol–water partition coefficient (Wildman–Crippen LogP) is 0.347. The molecule has 4 heteroatoms. The van der Waals surface area contributed by atoms with E-state index in [1.54, 1.807) is 0 Å². The van der Waals surface area contributed by atoms with Crippen LogP contribution < -0.4 is 5.73 Å². The van der Waals surface area contributed by atoms with Gasteiger partial charge >= 0.3 is 0 Å². The fourth-order valence-corrected chi connectivity index (χ4v) is 1.90. The van der Waals surface area contributed by atoms with Crippen molar-refractivity contribution in [1.29, 1.82) is 0 Å². The zero-order valence-corrected chi connectivity index (χ0v) is 9.53. The van der Waals surface area contributed by atoms with Gasteiger partial charge in [-0.15, -0.1) is 0 Å². The highest BCUT2D eigenvalue weighted by Crippen LogP contribution is 2.15. The van der Waals surface area contributed by atoms with E-state index < -0.39 is 0 Å². The third-order valence-corrected chi connectivity index (χ3v) is 2.87. The molecule has 0 spiro atoms. The first kappa shape index (κ1) is 11.3. The fraction of sp³-hybridized carbons (Fsp3) is 0.900. The summed E-state index contributed by atoms with van der Waals surface area (Å²) in [6.07, 6.45) is 2.58. The van der Waals surface area contributed by atoms with E-state index in [1.807, 2.05) is 14.0 Å². The summed E-state index contributed by atoms with van der Waals surface area (Å²) in [5, 5.41) is 0. The predicted molar refractivity (Wildman–Crippen MR) is 60.4 cm³/mol. The van der Waals surface area contributed by atoms with Gasteiger partial charge in [-0.2, -0.15) is 0 Å². The Bertz CT molecular complexity index is 202. The van der Waals surface area contributed by atoms with Crippen molar-refractivity contribution in [2.45, 2.75) is 25.8 Å². The molecule has 0 aromatic heterocycles. The second-order valence-corrected chi connectivity index (χ2v) is 3.99. The first-order chi connectivity index (χ1) is 6.65. The summed E-state index contributed by atoms with van der Waals surface area (Å²) in [4.78, 5) is 8.64. The number of hydrogen-bond donors (Lipinski definition) is 1. The fourth-order valence-electron chi connectivity index (χ4n) is 1.90. The van der Waals surface area contributed by atoms with Crippen LogP contribution in [0, 0.1) is 0 Å². The highest BCUT2D eigenvalue weighted by atomic mass is 15.3. The third-order valence-electron chi connectivity index (χ3n) is 2.87. The van der Waals surface area contributed by atoms with Crippen LogP contribution in [0.4, 0.5) is 0 Å². The van der Waals surface area contributed by atoms with Gasteiger partial charge in [0.05, 0.1) is 0 Å². The minimum Gasteiger partial charge on any atom is -0.370 e. The first-order valence-electron chi connectivity index (χ1n) is 5.36. The molecule has 0 amide bonds. The Morgan fingerprint density at radius 3 is 2.86 bits per heavy atom. The minimum absolute atomic E-state index is 0.644. The molecule has 0 aliphatic carbocycles. The quantitative estimate of drug-likeness (QED) is 0.525. The summed E-state index contributed by atoms with van der Waals surface area (Å²) in [5.41, 5.74) is 5.81. The average molecular weight is 198 g/mol. The molecule has 0 saturated carbocycles. The number of guanidine groups is 1. The smallest absolute Gasteiger partial charge is 0.191 e. The van der Waals surface area contributed by atoms with Crippen LogP contribution in [0.2, 0.25) is 0 Å². The molecule has 1 rings (SSSR count). The van der Waals surface area contributed by atoms with Gasteiger partial charge < -0.3 is 15.5 Å². The molecular formula is C10H22N4. The molecule has 14 heavy (non-hydrogen) atoms. The number of aliphatic imine (C=N–C) groups is 1. The summed E-state index contributed by atoms with van der Waals surface area (Å²) in [6.45, 7) is 4.97. The molecule has 4 nitrogen and oxygen atoms in total. The van der Waals surface area contributed by atoms with Gasteiger partial charge in [-0.25, -0.2) is 0 Å². The lowest BCUT2D eigenvalue weighted by Gasteiger charge is -2.26. The Balaban J connectivity index is 2.39. The lowest BCUT2D eigenvalue weighted by Crippen LogP contribution is -2.42. The van der Waals surface area contributed by atoms with Crippen molar-refractivity contribution >= 4 is 5.96 Å². The Morgan fingerprint density at radius 1 is 1.64 bits per heavy atom. The van der Waals surface area contributed by atoms with E-state index in [-0.39, 0.29) is 0 Å². The largest absolute Gasteiger partial charge is 0.370 e. The Morgan fingerprint density at radius 2 is 2.36 bits per heavy atom. The van der Waals surface area contributed by atoms with E-state index in [0.717, 1.165) is 13.1 Å². The highest BCUT2D eigenvalue weighted by molar-refractivity contribution is 5.77. The van der Waals surface area contributed by atoms with E-state index >= 15 is 0 Å².